The summed E-state index contributed by atoms with van der Waals surface area (Å²) in [6, 6.07) is 8.79. The van der Waals surface area contributed by atoms with Crippen LogP contribution in [0, 0.1) is 0 Å². The minimum absolute atomic E-state index is 0.0763. The Balaban J connectivity index is 1.55. The van der Waals surface area contributed by atoms with Crippen molar-refractivity contribution in [3.8, 4) is 0 Å². The molecule has 1 aliphatic carbocycles. The third kappa shape index (κ3) is 4.07. The monoisotopic (exact) mass is 357 g/mol. The van der Waals surface area contributed by atoms with E-state index in [1.165, 1.54) is 12.2 Å². The van der Waals surface area contributed by atoms with Gasteiger partial charge in [0.25, 0.3) is 0 Å². The van der Waals surface area contributed by atoms with Crippen LogP contribution in [0.25, 0.3) is 0 Å². The number of halogens is 1. The molecule has 136 valence electrons. The molecular weight excluding hydrogens is 337 g/mol. The maximum Gasteiger partial charge on any atom is 0.417 e. The molecular formula is C20H20FNO4. The highest BCUT2D eigenvalue weighted by Crippen LogP contribution is 2.28. The van der Waals surface area contributed by atoms with Gasteiger partial charge < -0.3 is 4.74 Å². The van der Waals surface area contributed by atoms with Gasteiger partial charge >= 0.3 is 6.09 Å². The first kappa shape index (κ1) is 18.0. The molecule has 1 fully saturated rings. The Bertz CT molecular complexity index is 756. The second-order valence-electron chi connectivity index (χ2n) is 6.31. The van der Waals surface area contributed by atoms with Gasteiger partial charge in [-0.3, -0.25) is 9.59 Å². The summed E-state index contributed by atoms with van der Waals surface area (Å²) in [5, 5.41) is 0. The molecule has 3 rings (SSSR count). The lowest BCUT2D eigenvalue weighted by Crippen LogP contribution is -2.34. The van der Waals surface area contributed by atoms with Crippen LogP contribution in [-0.4, -0.2) is 35.5 Å². The standard InChI is InChI=1S/C20H20FNO4/c21-16-11-9-15(10-12-16)18(23)7-4-8-19(24)22-17(13-26-20(22)25)14-5-2-1-3-6-14/h1-3,5-6,9-11,16-17H,4,7-8,12-13H2/t16?,17-/m1/s1. The smallest absolute Gasteiger partial charge is 0.417 e. The highest BCUT2D eigenvalue weighted by molar-refractivity contribution is 5.98. The van der Waals surface area contributed by atoms with Crippen molar-refractivity contribution in [2.45, 2.75) is 37.9 Å². The van der Waals surface area contributed by atoms with Crippen LogP contribution in [0.5, 0.6) is 0 Å². The van der Waals surface area contributed by atoms with Crippen LogP contribution >= 0.6 is 0 Å². The molecule has 1 unspecified atom stereocenters. The van der Waals surface area contributed by atoms with E-state index in [0.717, 1.165) is 10.5 Å². The van der Waals surface area contributed by atoms with E-state index in [1.807, 2.05) is 30.3 Å². The zero-order valence-corrected chi connectivity index (χ0v) is 14.3. The molecule has 0 aromatic heterocycles. The summed E-state index contributed by atoms with van der Waals surface area (Å²) in [7, 11) is 0. The minimum atomic E-state index is -1.04. The first-order valence-electron chi connectivity index (χ1n) is 8.65. The topological polar surface area (TPSA) is 63.7 Å². The number of imide groups is 1. The highest BCUT2D eigenvalue weighted by Gasteiger charge is 2.38. The number of alkyl halides is 1. The third-order valence-electron chi connectivity index (χ3n) is 4.49. The van der Waals surface area contributed by atoms with E-state index in [0.29, 0.717) is 12.0 Å². The Labute approximate surface area is 151 Å². The molecule has 0 radical (unpaired) electrons. The quantitative estimate of drug-likeness (QED) is 0.779. The van der Waals surface area contributed by atoms with E-state index >= 15 is 0 Å². The van der Waals surface area contributed by atoms with Gasteiger partial charge in [-0.1, -0.05) is 42.5 Å². The molecule has 1 heterocycles. The van der Waals surface area contributed by atoms with Crippen LogP contribution in [-0.2, 0) is 14.3 Å². The normalized spacial score (nSPS) is 22.1. The number of carbonyl (C=O) groups excluding carboxylic acids is 3. The summed E-state index contributed by atoms with van der Waals surface area (Å²) in [5.74, 6) is -0.476. The second kappa shape index (κ2) is 8.08. The maximum atomic E-state index is 13.0. The Morgan fingerprint density at radius 1 is 1.19 bits per heavy atom. The van der Waals surface area contributed by atoms with E-state index < -0.39 is 18.3 Å². The second-order valence-corrected chi connectivity index (χ2v) is 6.31. The molecule has 5 nitrogen and oxygen atoms in total. The van der Waals surface area contributed by atoms with Gasteiger partial charge in [0.2, 0.25) is 5.91 Å². The van der Waals surface area contributed by atoms with Crippen LogP contribution in [0.2, 0.25) is 0 Å². The molecule has 26 heavy (non-hydrogen) atoms. The fraction of sp³-hybridized carbons (Fsp3) is 0.350. The fourth-order valence-electron chi connectivity index (χ4n) is 3.08. The van der Waals surface area contributed by atoms with Crippen molar-refractivity contribution in [2.24, 2.45) is 0 Å². The number of amides is 2. The van der Waals surface area contributed by atoms with Gasteiger partial charge in [0, 0.05) is 24.8 Å². The number of ether oxygens (including phenoxy) is 1. The van der Waals surface area contributed by atoms with E-state index in [-0.39, 0.29) is 37.6 Å². The van der Waals surface area contributed by atoms with Gasteiger partial charge in [0.1, 0.15) is 18.8 Å². The lowest BCUT2D eigenvalue weighted by Gasteiger charge is -2.19. The molecule has 1 saturated heterocycles. The van der Waals surface area contributed by atoms with Gasteiger partial charge in [-0.2, -0.15) is 0 Å². The average molecular weight is 357 g/mol. The van der Waals surface area contributed by atoms with Crippen molar-refractivity contribution in [2.75, 3.05) is 6.61 Å². The number of allylic oxidation sites excluding steroid dienone is 4. The van der Waals surface area contributed by atoms with Crippen molar-refractivity contribution >= 4 is 17.8 Å². The van der Waals surface area contributed by atoms with Crippen LogP contribution < -0.4 is 0 Å². The number of hydrogen-bond acceptors (Lipinski definition) is 4. The summed E-state index contributed by atoms with van der Waals surface area (Å²) in [6.07, 6.45) is 3.53. The number of Topliss-reactive ketones (excluding diaryl/α,β-unsaturated/α-hetero) is 1. The van der Waals surface area contributed by atoms with Gasteiger partial charge in [0.15, 0.2) is 5.78 Å². The van der Waals surface area contributed by atoms with Crippen LogP contribution in [0.3, 0.4) is 0 Å². The zero-order chi connectivity index (χ0) is 18.5. The van der Waals surface area contributed by atoms with Crippen LogP contribution in [0.4, 0.5) is 9.18 Å². The number of cyclic esters (lactones) is 1. The number of benzene rings is 1. The van der Waals surface area contributed by atoms with Crippen molar-refractivity contribution in [3.63, 3.8) is 0 Å². The number of ketones is 1. The SMILES string of the molecule is O=C(CCCC(=O)N1C(=O)OC[C@@H]1c1ccccc1)C1=CCC(F)C=C1. The largest absolute Gasteiger partial charge is 0.446 e. The summed E-state index contributed by atoms with van der Waals surface area (Å²) in [6.45, 7) is 0.135. The lowest BCUT2D eigenvalue weighted by molar-refractivity contribution is -0.129. The molecule has 6 heteroatoms. The van der Waals surface area contributed by atoms with Gasteiger partial charge in [-0.05, 0) is 18.1 Å². The molecule has 1 aromatic carbocycles. The van der Waals surface area contributed by atoms with Gasteiger partial charge in [-0.15, -0.1) is 0 Å². The number of nitrogens with zero attached hydrogens (tertiary/aromatic N) is 1. The molecule has 2 aliphatic rings. The summed E-state index contributed by atoms with van der Waals surface area (Å²) in [4.78, 5) is 37.6. The van der Waals surface area contributed by atoms with Crippen LogP contribution in [0.1, 0.15) is 37.3 Å². The summed E-state index contributed by atoms with van der Waals surface area (Å²) >= 11 is 0. The molecule has 0 bridgehead atoms. The maximum absolute atomic E-state index is 13.0. The van der Waals surface area contributed by atoms with E-state index in [4.69, 9.17) is 4.74 Å². The van der Waals surface area contributed by atoms with Gasteiger partial charge in [-0.25, -0.2) is 14.1 Å². The molecule has 0 saturated carbocycles. The Morgan fingerprint density at radius 3 is 2.65 bits per heavy atom. The summed E-state index contributed by atoms with van der Waals surface area (Å²) < 4.78 is 18.1. The zero-order valence-electron chi connectivity index (χ0n) is 14.3. The third-order valence-corrected chi connectivity index (χ3v) is 4.49. The van der Waals surface area contributed by atoms with Crippen molar-refractivity contribution in [1.29, 1.82) is 0 Å². The minimum Gasteiger partial charge on any atom is -0.446 e. The molecule has 1 aromatic rings. The van der Waals surface area contributed by atoms with E-state index in [1.54, 1.807) is 6.08 Å². The Morgan fingerprint density at radius 2 is 1.96 bits per heavy atom. The predicted molar refractivity (Wildman–Crippen MR) is 93.0 cm³/mol. The molecule has 2 atom stereocenters. The summed E-state index contributed by atoms with van der Waals surface area (Å²) in [5.41, 5.74) is 1.31. The van der Waals surface area contributed by atoms with Gasteiger partial charge in [0.05, 0.1) is 0 Å². The van der Waals surface area contributed by atoms with E-state index in [9.17, 15) is 18.8 Å². The number of hydrogen-bond donors (Lipinski definition) is 0. The van der Waals surface area contributed by atoms with Crippen molar-refractivity contribution in [3.05, 3.63) is 59.7 Å². The lowest BCUT2D eigenvalue weighted by atomic mass is 9.99. The number of rotatable bonds is 6. The van der Waals surface area contributed by atoms with Crippen LogP contribution in [0.15, 0.2) is 54.1 Å². The fourth-order valence-corrected chi connectivity index (χ4v) is 3.08. The first-order valence-corrected chi connectivity index (χ1v) is 8.65. The molecule has 0 spiro atoms. The van der Waals surface area contributed by atoms with Crippen molar-refractivity contribution in [1.82, 2.24) is 4.90 Å². The predicted octanol–water partition coefficient (Wildman–Crippen LogP) is 3.67. The number of carbonyl (C=O) groups is 3. The van der Waals surface area contributed by atoms with E-state index in [2.05, 4.69) is 0 Å². The molecule has 1 aliphatic heterocycles. The average Bonchev–Trinajstić information content (AvgIpc) is 3.04. The highest BCUT2D eigenvalue weighted by atomic mass is 19.1. The van der Waals surface area contributed by atoms with Crippen molar-refractivity contribution < 1.29 is 23.5 Å². The Kier molecular flexibility index (Phi) is 5.61. The molecule has 2 amide bonds. The first-order chi connectivity index (χ1) is 12.6. The Hall–Kier alpha value is -2.76. The molecule has 0 N–H and O–H groups in total.